The van der Waals surface area contributed by atoms with Gasteiger partial charge in [-0.15, -0.1) is 0 Å². The van der Waals surface area contributed by atoms with Gasteiger partial charge in [-0.2, -0.15) is 0 Å². The SMILES string of the molecule is CCOCCOCC(=O)N(C)C(C)C(=O)O. The highest BCUT2D eigenvalue weighted by atomic mass is 16.5. The number of carbonyl (C=O) groups is 2. The zero-order chi connectivity index (χ0) is 12.6. The van der Waals surface area contributed by atoms with Crippen molar-refractivity contribution in [2.75, 3.05) is 33.5 Å². The topological polar surface area (TPSA) is 76.1 Å². The molecular weight excluding hydrogens is 214 g/mol. The summed E-state index contributed by atoms with van der Waals surface area (Å²) >= 11 is 0. The lowest BCUT2D eigenvalue weighted by Crippen LogP contribution is -2.42. The molecule has 1 atom stereocenters. The highest BCUT2D eigenvalue weighted by Crippen LogP contribution is 1.96. The van der Waals surface area contributed by atoms with E-state index in [1.807, 2.05) is 6.92 Å². The highest BCUT2D eigenvalue weighted by Gasteiger charge is 2.21. The Balaban J connectivity index is 3.75. The van der Waals surface area contributed by atoms with E-state index in [9.17, 15) is 9.59 Å². The minimum Gasteiger partial charge on any atom is -0.480 e. The molecule has 0 rings (SSSR count). The minimum atomic E-state index is -1.04. The van der Waals surface area contributed by atoms with Gasteiger partial charge in [-0.05, 0) is 13.8 Å². The number of likely N-dealkylation sites (N-methyl/N-ethyl adjacent to an activating group) is 1. The van der Waals surface area contributed by atoms with Gasteiger partial charge in [0.05, 0.1) is 13.2 Å². The van der Waals surface area contributed by atoms with Gasteiger partial charge in [0.2, 0.25) is 5.91 Å². The average Bonchev–Trinajstić information content (AvgIpc) is 2.26. The quantitative estimate of drug-likeness (QED) is 0.596. The number of hydrogen-bond acceptors (Lipinski definition) is 4. The largest absolute Gasteiger partial charge is 0.480 e. The molecule has 0 bridgehead atoms. The normalized spacial score (nSPS) is 12.2. The van der Waals surface area contributed by atoms with E-state index in [1.54, 1.807) is 0 Å². The average molecular weight is 233 g/mol. The molecule has 0 aromatic rings. The third kappa shape index (κ3) is 5.67. The third-order valence-corrected chi connectivity index (χ3v) is 2.13. The molecule has 16 heavy (non-hydrogen) atoms. The Morgan fingerprint density at radius 1 is 1.31 bits per heavy atom. The van der Waals surface area contributed by atoms with Crippen LogP contribution in [0.2, 0.25) is 0 Å². The van der Waals surface area contributed by atoms with E-state index >= 15 is 0 Å². The Morgan fingerprint density at radius 3 is 2.38 bits per heavy atom. The van der Waals surface area contributed by atoms with Gasteiger partial charge < -0.3 is 19.5 Å². The summed E-state index contributed by atoms with van der Waals surface area (Å²) in [6, 6.07) is -0.844. The second kappa shape index (κ2) is 8.06. The maximum absolute atomic E-state index is 11.4. The third-order valence-electron chi connectivity index (χ3n) is 2.13. The van der Waals surface area contributed by atoms with Crippen LogP contribution in [0.15, 0.2) is 0 Å². The van der Waals surface area contributed by atoms with Crippen LogP contribution in [0.1, 0.15) is 13.8 Å². The zero-order valence-corrected chi connectivity index (χ0v) is 9.93. The predicted molar refractivity (Wildman–Crippen MR) is 57.2 cm³/mol. The first-order valence-electron chi connectivity index (χ1n) is 5.14. The van der Waals surface area contributed by atoms with E-state index in [1.165, 1.54) is 14.0 Å². The molecule has 6 nitrogen and oxygen atoms in total. The number of carboxylic acid groups (broad SMARTS) is 1. The van der Waals surface area contributed by atoms with Gasteiger partial charge in [0.1, 0.15) is 12.6 Å². The van der Waals surface area contributed by atoms with E-state index in [-0.39, 0.29) is 12.5 Å². The van der Waals surface area contributed by atoms with Crippen molar-refractivity contribution >= 4 is 11.9 Å². The molecule has 94 valence electrons. The highest BCUT2D eigenvalue weighted by molar-refractivity contribution is 5.83. The number of nitrogens with zero attached hydrogens (tertiary/aromatic N) is 1. The lowest BCUT2D eigenvalue weighted by atomic mass is 10.3. The Kier molecular flexibility index (Phi) is 7.49. The monoisotopic (exact) mass is 233 g/mol. The van der Waals surface area contributed by atoms with Crippen molar-refractivity contribution in [1.29, 1.82) is 0 Å². The molecule has 0 radical (unpaired) electrons. The van der Waals surface area contributed by atoms with Crippen LogP contribution < -0.4 is 0 Å². The number of aliphatic carboxylic acids is 1. The van der Waals surface area contributed by atoms with Gasteiger partial charge >= 0.3 is 5.97 Å². The molecule has 0 spiro atoms. The van der Waals surface area contributed by atoms with E-state index in [0.717, 1.165) is 4.90 Å². The summed E-state index contributed by atoms with van der Waals surface area (Å²) in [7, 11) is 1.44. The summed E-state index contributed by atoms with van der Waals surface area (Å²) in [6.07, 6.45) is 0. The maximum atomic E-state index is 11.4. The summed E-state index contributed by atoms with van der Waals surface area (Å²) in [5.74, 6) is -1.39. The van der Waals surface area contributed by atoms with Gasteiger partial charge in [0.15, 0.2) is 0 Å². The van der Waals surface area contributed by atoms with Gasteiger partial charge in [0.25, 0.3) is 0 Å². The fourth-order valence-electron chi connectivity index (χ4n) is 0.905. The smallest absolute Gasteiger partial charge is 0.326 e. The molecule has 0 aliphatic carbocycles. The molecule has 0 aliphatic heterocycles. The van der Waals surface area contributed by atoms with E-state index in [0.29, 0.717) is 19.8 Å². The molecule has 6 heteroatoms. The number of carboxylic acids is 1. The number of hydrogen-bond donors (Lipinski definition) is 1. The van der Waals surface area contributed by atoms with Crippen molar-refractivity contribution in [3.8, 4) is 0 Å². The fourth-order valence-corrected chi connectivity index (χ4v) is 0.905. The lowest BCUT2D eigenvalue weighted by molar-refractivity contribution is -0.150. The second-order valence-corrected chi connectivity index (χ2v) is 3.27. The Morgan fingerprint density at radius 2 is 1.88 bits per heavy atom. The summed E-state index contributed by atoms with van der Waals surface area (Å²) in [4.78, 5) is 23.2. The summed E-state index contributed by atoms with van der Waals surface area (Å²) in [5, 5.41) is 8.69. The van der Waals surface area contributed by atoms with Crippen LogP contribution in [-0.2, 0) is 19.1 Å². The molecule has 0 saturated carbocycles. The number of carbonyl (C=O) groups excluding carboxylic acids is 1. The van der Waals surface area contributed by atoms with Crippen molar-refractivity contribution in [3.63, 3.8) is 0 Å². The first-order chi connectivity index (χ1) is 7.50. The van der Waals surface area contributed by atoms with E-state index < -0.39 is 12.0 Å². The van der Waals surface area contributed by atoms with Gasteiger partial charge in [-0.3, -0.25) is 4.79 Å². The molecule has 1 amide bonds. The molecule has 0 heterocycles. The van der Waals surface area contributed by atoms with Crippen LogP contribution in [-0.4, -0.2) is 61.4 Å². The van der Waals surface area contributed by atoms with E-state index in [4.69, 9.17) is 14.6 Å². The first kappa shape index (κ1) is 14.9. The van der Waals surface area contributed by atoms with Gasteiger partial charge in [0, 0.05) is 13.7 Å². The lowest BCUT2D eigenvalue weighted by Gasteiger charge is -2.21. The first-order valence-corrected chi connectivity index (χ1v) is 5.14. The number of amides is 1. The van der Waals surface area contributed by atoms with Crippen molar-refractivity contribution < 1.29 is 24.2 Å². The molecule has 0 saturated heterocycles. The van der Waals surface area contributed by atoms with Gasteiger partial charge in [-0.25, -0.2) is 4.79 Å². The molecule has 1 N–H and O–H groups in total. The van der Waals surface area contributed by atoms with Crippen molar-refractivity contribution in [2.45, 2.75) is 19.9 Å². The van der Waals surface area contributed by atoms with Crippen LogP contribution in [0.25, 0.3) is 0 Å². The van der Waals surface area contributed by atoms with Crippen LogP contribution in [0.3, 0.4) is 0 Å². The minimum absolute atomic E-state index is 0.124. The van der Waals surface area contributed by atoms with Gasteiger partial charge in [-0.1, -0.05) is 0 Å². The molecular formula is C10H19NO5. The fraction of sp³-hybridized carbons (Fsp3) is 0.800. The number of ether oxygens (including phenoxy) is 2. The van der Waals surface area contributed by atoms with E-state index in [2.05, 4.69) is 0 Å². The van der Waals surface area contributed by atoms with Crippen molar-refractivity contribution in [3.05, 3.63) is 0 Å². The van der Waals surface area contributed by atoms with Crippen molar-refractivity contribution in [1.82, 2.24) is 4.90 Å². The Hall–Kier alpha value is -1.14. The Labute approximate surface area is 95.1 Å². The summed E-state index contributed by atoms with van der Waals surface area (Å²) in [6.45, 7) is 4.55. The Bertz CT molecular complexity index is 231. The molecule has 0 aromatic heterocycles. The maximum Gasteiger partial charge on any atom is 0.326 e. The second-order valence-electron chi connectivity index (χ2n) is 3.27. The van der Waals surface area contributed by atoms with Crippen LogP contribution >= 0.6 is 0 Å². The predicted octanol–water partition coefficient (Wildman–Crippen LogP) is -0.0290. The molecule has 0 fully saturated rings. The van der Waals surface area contributed by atoms with Crippen LogP contribution in [0, 0.1) is 0 Å². The van der Waals surface area contributed by atoms with Crippen LogP contribution in [0.5, 0.6) is 0 Å². The summed E-state index contributed by atoms with van der Waals surface area (Å²) < 4.78 is 10.1. The number of rotatable bonds is 8. The van der Waals surface area contributed by atoms with Crippen LogP contribution in [0.4, 0.5) is 0 Å². The molecule has 0 aliphatic rings. The summed E-state index contributed by atoms with van der Waals surface area (Å²) in [5.41, 5.74) is 0. The zero-order valence-electron chi connectivity index (χ0n) is 9.93. The van der Waals surface area contributed by atoms with Crippen molar-refractivity contribution in [2.24, 2.45) is 0 Å². The molecule has 0 aromatic carbocycles. The standard InChI is InChI=1S/C10H19NO5/c1-4-15-5-6-16-7-9(12)11(3)8(2)10(13)14/h8H,4-7H2,1-3H3,(H,13,14). The molecule has 1 unspecified atom stereocenters.